The summed E-state index contributed by atoms with van der Waals surface area (Å²) < 4.78 is 0. The van der Waals surface area contributed by atoms with E-state index in [1.54, 1.807) is 12.1 Å². The van der Waals surface area contributed by atoms with Crippen LogP contribution in [0.2, 0.25) is 5.15 Å². The number of nitroso groups, excluding NO2 is 1. The Morgan fingerprint density at radius 3 is 3.10 bits per heavy atom. The van der Waals surface area contributed by atoms with E-state index in [0.29, 0.717) is 5.69 Å². The van der Waals surface area contributed by atoms with Gasteiger partial charge in [0.15, 0.2) is 5.15 Å². The van der Waals surface area contributed by atoms with E-state index < -0.39 is 0 Å². The van der Waals surface area contributed by atoms with Gasteiger partial charge in [0.05, 0.1) is 11.0 Å². The smallest absolute Gasteiger partial charge is 0.154 e. The van der Waals surface area contributed by atoms with E-state index in [9.17, 15) is 4.91 Å². The Morgan fingerprint density at radius 1 is 1.70 bits per heavy atom. The third-order valence-corrected chi connectivity index (χ3v) is 1.23. The second kappa shape index (κ2) is 3.12. The van der Waals surface area contributed by atoms with Crippen molar-refractivity contribution in [2.75, 3.05) is 5.43 Å². The number of halogens is 1. The first-order valence-electron chi connectivity index (χ1n) is 2.53. The molecule has 0 aliphatic rings. The van der Waals surface area contributed by atoms with Crippen LogP contribution in [-0.4, -0.2) is 4.98 Å². The van der Waals surface area contributed by atoms with E-state index in [4.69, 9.17) is 11.6 Å². The third-order valence-electron chi connectivity index (χ3n) is 0.925. The molecule has 0 aliphatic carbocycles. The van der Waals surface area contributed by atoms with Gasteiger partial charge in [0.25, 0.3) is 0 Å². The highest BCUT2D eigenvalue weighted by atomic mass is 35.5. The molecule has 4 nitrogen and oxygen atoms in total. The lowest BCUT2D eigenvalue weighted by molar-refractivity contribution is 1.26. The monoisotopic (exact) mass is 157 g/mol. The topological polar surface area (TPSA) is 54.4 Å². The van der Waals surface area contributed by atoms with Gasteiger partial charge < -0.3 is 0 Å². The summed E-state index contributed by atoms with van der Waals surface area (Å²) >= 11 is 5.53. The Morgan fingerprint density at radius 2 is 2.50 bits per heavy atom. The zero-order valence-electron chi connectivity index (χ0n) is 4.91. The molecule has 0 bridgehead atoms. The molecule has 0 aliphatic heterocycles. The fraction of sp³-hybridized carbons (Fsp3) is 0. The maximum atomic E-state index is 9.68. The Kier molecular flexibility index (Phi) is 2.17. The van der Waals surface area contributed by atoms with Crippen molar-refractivity contribution in [3.8, 4) is 0 Å². The number of hydrogen-bond acceptors (Lipinski definition) is 3. The molecular weight excluding hydrogens is 154 g/mol. The van der Waals surface area contributed by atoms with E-state index in [2.05, 4.69) is 15.7 Å². The molecule has 0 atom stereocenters. The van der Waals surface area contributed by atoms with Gasteiger partial charge in [0, 0.05) is 6.20 Å². The maximum absolute atomic E-state index is 9.68. The van der Waals surface area contributed by atoms with E-state index in [1.807, 2.05) is 0 Å². The van der Waals surface area contributed by atoms with Crippen molar-refractivity contribution in [3.05, 3.63) is 28.4 Å². The van der Waals surface area contributed by atoms with Crippen LogP contribution in [0.3, 0.4) is 0 Å². The lowest BCUT2D eigenvalue weighted by Crippen LogP contribution is -1.87. The second-order valence-corrected chi connectivity index (χ2v) is 1.90. The predicted molar refractivity (Wildman–Crippen MR) is 38.7 cm³/mol. The van der Waals surface area contributed by atoms with Gasteiger partial charge in [0.1, 0.15) is 0 Å². The van der Waals surface area contributed by atoms with Crippen molar-refractivity contribution >= 4 is 17.3 Å². The molecule has 1 aromatic heterocycles. The highest BCUT2D eigenvalue weighted by Gasteiger charge is 1.96. The predicted octanol–water partition coefficient (Wildman–Crippen LogP) is 1.83. The van der Waals surface area contributed by atoms with Gasteiger partial charge in [-0.2, -0.15) is 0 Å². The Hall–Kier alpha value is -1.16. The second-order valence-electron chi connectivity index (χ2n) is 1.54. The van der Waals surface area contributed by atoms with Gasteiger partial charge in [0.2, 0.25) is 0 Å². The molecule has 0 unspecified atom stereocenters. The molecule has 1 heterocycles. The van der Waals surface area contributed by atoms with Crippen LogP contribution < -0.4 is 5.43 Å². The number of pyridine rings is 1. The standard InChI is InChI=1S/C5H4ClN3O/c6-5-4(8-9-10)2-1-3-7-5/h1-3H,(H,8,10). The average Bonchev–Trinajstić information content (AvgIpc) is 1.94. The summed E-state index contributed by atoms with van der Waals surface area (Å²) in [6.07, 6.45) is 1.53. The van der Waals surface area contributed by atoms with Gasteiger partial charge in [-0.3, -0.25) is 0 Å². The normalized spacial score (nSPS) is 8.90. The fourth-order valence-corrected chi connectivity index (χ4v) is 0.680. The first-order chi connectivity index (χ1) is 4.84. The van der Waals surface area contributed by atoms with Crippen LogP contribution in [0.4, 0.5) is 5.69 Å². The molecule has 0 spiro atoms. The molecule has 0 amide bonds. The highest BCUT2D eigenvalue weighted by molar-refractivity contribution is 6.31. The lowest BCUT2D eigenvalue weighted by Gasteiger charge is -1.95. The van der Waals surface area contributed by atoms with Crippen LogP contribution in [0.5, 0.6) is 0 Å². The summed E-state index contributed by atoms with van der Waals surface area (Å²) in [6, 6.07) is 3.26. The minimum absolute atomic E-state index is 0.238. The van der Waals surface area contributed by atoms with Crippen LogP contribution in [0, 0.1) is 4.91 Å². The number of rotatable bonds is 2. The molecule has 52 valence electrons. The quantitative estimate of drug-likeness (QED) is 0.405. The molecule has 10 heavy (non-hydrogen) atoms. The number of anilines is 1. The van der Waals surface area contributed by atoms with Crippen LogP contribution in [0.1, 0.15) is 0 Å². The van der Waals surface area contributed by atoms with E-state index in [1.165, 1.54) is 6.20 Å². The zero-order valence-corrected chi connectivity index (χ0v) is 5.67. The largest absolute Gasteiger partial charge is 0.242 e. The zero-order chi connectivity index (χ0) is 7.40. The third kappa shape index (κ3) is 1.41. The van der Waals surface area contributed by atoms with Gasteiger partial charge in [-0.05, 0) is 12.1 Å². The minimum Gasteiger partial charge on any atom is -0.242 e. The summed E-state index contributed by atoms with van der Waals surface area (Å²) in [5.41, 5.74) is 2.57. The first kappa shape index (κ1) is 6.95. The molecule has 0 aromatic carbocycles. The number of hydrogen-bond donors (Lipinski definition) is 1. The molecule has 0 saturated heterocycles. The summed E-state index contributed by atoms with van der Waals surface area (Å²) in [6.45, 7) is 0. The number of nitrogens with zero attached hydrogens (tertiary/aromatic N) is 2. The van der Waals surface area contributed by atoms with Gasteiger partial charge in [-0.25, -0.2) is 10.4 Å². The molecule has 1 aromatic rings. The van der Waals surface area contributed by atoms with E-state index in [0.717, 1.165) is 0 Å². The molecule has 1 N–H and O–H groups in total. The fourth-order valence-electron chi connectivity index (χ4n) is 0.519. The van der Waals surface area contributed by atoms with Crippen molar-refractivity contribution in [2.45, 2.75) is 0 Å². The molecule has 0 fully saturated rings. The van der Waals surface area contributed by atoms with Crippen molar-refractivity contribution < 1.29 is 0 Å². The van der Waals surface area contributed by atoms with Crippen LogP contribution in [-0.2, 0) is 0 Å². The van der Waals surface area contributed by atoms with E-state index >= 15 is 0 Å². The summed E-state index contributed by atoms with van der Waals surface area (Å²) in [4.78, 5) is 13.4. The van der Waals surface area contributed by atoms with Crippen LogP contribution >= 0.6 is 11.6 Å². The average molecular weight is 158 g/mol. The first-order valence-corrected chi connectivity index (χ1v) is 2.91. The van der Waals surface area contributed by atoms with E-state index in [-0.39, 0.29) is 5.15 Å². The number of nitrogens with one attached hydrogen (secondary N) is 1. The molecule has 0 radical (unpaired) electrons. The van der Waals surface area contributed by atoms with Gasteiger partial charge in [-0.1, -0.05) is 11.6 Å². The van der Waals surface area contributed by atoms with Crippen LogP contribution in [0.25, 0.3) is 0 Å². The van der Waals surface area contributed by atoms with Gasteiger partial charge in [-0.15, -0.1) is 4.91 Å². The Balaban J connectivity index is 2.91. The maximum Gasteiger partial charge on any atom is 0.154 e. The Bertz CT molecular complexity index is 240. The molecular formula is C5H4ClN3O. The molecule has 5 heteroatoms. The minimum atomic E-state index is 0.238. The summed E-state index contributed by atoms with van der Waals surface area (Å²) in [7, 11) is 0. The highest BCUT2D eigenvalue weighted by Crippen LogP contribution is 2.16. The molecule has 0 saturated carbocycles. The summed E-state index contributed by atoms with van der Waals surface area (Å²) in [5.74, 6) is 0. The number of aromatic nitrogens is 1. The Labute approximate surface area is 62.2 Å². The van der Waals surface area contributed by atoms with Crippen molar-refractivity contribution in [3.63, 3.8) is 0 Å². The van der Waals surface area contributed by atoms with Crippen molar-refractivity contribution in [1.29, 1.82) is 0 Å². The summed E-state index contributed by atoms with van der Waals surface area (Å²) in [5, 5.41) is 2.68. The van der Waals surface area contributed by atoms with Crippen molar-refractivity contribution in [2.24, 2.45) is 5.29 Å². The SMILES string of the molecule is O=NNc1cccnc1Cl. The lowest BCUT2D eigenvalue weighted by atomic mass is 10.4. The van der Waals surface area contributed by atoms with Gasteiger partial charge >= 0.3 is 0 Å². The molecule has 1 rings (SSSR count). The van der Waals surface area contributed by atoms with Crippen molar-refractivity contribution in [1.82, 2.24) is 4.98 Å². The van der Waals surface area contributed by atoms with Crippen LogP contribution in [0.15, 0.2) is 23.6 Å².